The average Bonchev–Trinajstić information content (AvgIpc) is 2.48. The van der Waals surface area contributed by atoms with Gasteiger partial charge in [-0.1, -0.05) is 40.2 Å². The van der Waals surface area contributed by atoms with Crippen LogP contribution >= 0.6 is 15.9 Å². The van der Waals surface area contributed by atoms with Gasteiger partial charge in [-0.3, -0.25) is 0 Å². The second-order valence-electron chi connectivity index (χ2n) is 5.80. The fourth-order valence-electron chi connectivity index (χ4n) is 3.16. The molecule has 0 aliphatic heterocycles. The Morgan fingerprint density at radius 1 is 1.19 bits per heavy atom. The largest absolute Gasteiger partial charge is 0.496 e. The highest BCUT2D eigenvalue weighted by atomic mass is 79.9. The van der Waals surface area contributed by atoms with Gasteiger partial charge in [0.05, 0.1) is 12.7 Å². The van der Waals surface area contributed by atoms with E-state index in [1.165, 1.54) is 11.1 Å². The number of aliphatic hydroxyl groups is 1. The third kappa shape index (κ3) is 3.14. The molecule has 2 aromatic carbocycles. The van der Waals surface area contributed by atoms with Crippen LogP contribution in [-0.4, -0.2) is 17.8 Å². The first kappa shape index (κ1) is 14.6. The first-order valence-electron chi connectivity index (χ1n) is 7.21. The van der Waals surface area contributed by atoms with Gasteiger partial charge < -0.3 is 9.84 Å². The number of hydrogen-bond donors (Lipinski definition) is 1. The van der Waals surface area contributed by atoms with Crippen LogP contribution in [0.4, 0.5) is 0 Å². The van der Waals surface area contributed by atoms with Crippen molar-refractivity contribution in [2.45, 2.75) is 31.3 Å². The zero-order valence-corrected chi connectivity index (χ0v) is 13.7. The van der Waals surface area contributed by atoms with Gasteiger partial charge in [-0.2, -0.15) is 0 Å². The summed E-state index contributed by atoms with van der Waals surface area (Å²) in [7, 11) is 1.68. The smallest absolute Gasteiger partial charge is 0.122 e. The molecule has 1 unspecified atom stereocenters. The van der Waals surface area contributed by atoms with Crippen molar-refractivity contribution in [3.63, 3.8) is 0 Å². The Bertz CT molecular complexity index is 653. The van der Waals surface area contributed by atoms with Gasteiger partial charge in [0.1, 0.15) is 5.75 Å². The number of ether oxygens (including phenoxy) is 1. The molecule has 0 bridgehead atoms. The molecule has 3 heteroatoms. The van der Waals surface area contributed by atoms with E-state index in [1.54, 1.807) is 7.11 Å². The number of para-hydroxylation sites is 1. The van der Waals surface area contributed by atoms with Gasteiger partial charge in [-0.15, -0.1) is 0 Å². The molecule has 0 amide bonds. The quantitative estimate of drug-likeness (QED) is 0.912. The number of halogens is 1. The summed E-state index contributed by atoms with van der Waals surface area (Å²) in [6.07, 6.45) is 3.04. The van der Waals surface area contributed by atoms with Gasteiger partial charge in [0.2, 0.25) is 0 Å². The molecule has 0 spiro atoms. The van der Waals surface area contributed by atoms with E-state index in [0.29, 0.717) is 12.8 Å². The summed E-state index contributed by atoms with van der Waals surface area (Å²) in [5.74, 6) is 0.854. The molecule has 0 radical (unpaired) electrons. The van der Waals surface area contributed by atoms with E-state index < -0.39 is 5.60 Å². The van der Waals surface area contributed by atoms with Crippen LogP contribution < -0.4 is 4.74 Å². The van der Waals surface area contributed by atoms with Crippen LogP contribution in [0.2, 0.25) is 0 Å². The standard InChI is InChI=1S/C18H19BrO2/c1-21-17-5-3-2-4-15(17)12-18(20)9-8-13-10-16(19)7-6-14(13)11-18/h2-7,10,20H,8-9,11-12H2,1H3. The number of aryl methyl sites for hydroxylation is 1. The van der Waals surface area contributed by atoms with Crippen molar-refractivity contribution in [2.75, 3.05) is 7.11 Å². The highest BCUT2D eigenvalue weighted by Crippen LogP contribution is 2.34. The Hall–Kier alpha value is -1.32. The Kier molecular flexibility index (Phi) is 4.05. The van der Waals surface area contributed by atoms with Gasteiger partial charge >= 0.3 is 0 Å². The number of rotatable bonds is 3. The van der Waals surface area contributed by atoms with E-state index in [-0.39, 0.29) is 0 Å². The SMILES string of the molecule is COc1ccccc1CC1(O)CCc2cc(Br)ccc2C1. The number of fused-ring (bicyclic) bond motifs is 1. The Morgan fingerprint density at radius 3 is 2.81 bits per heavy atom. The molecule has 21 heavy (non-hydrogen) atoms. The fourth-order valence-corrected chi connectivity index (χ4v) is 3.57. The minimum atomic E-state index is -0.685. The van der Waals surface area contributed by atoms with Crippen LogP contribution in [0.5, 0.6) is 5.75 Å². The van der Waals surface area contributed by atoms with Crippen molar-refractivity contribution in [1.29, 1.82) is 0 Å². The van der Waals surface area contributed by atoms with Crippen molar-refractivity contribution in [3.05, 3.63) is 63.6 Å². The lowest BCUT2D eigenvalue weighted by Crippen LogP contribution is -2.38. The number of methoxy groups -OCH3 is 1. The maximum Gasteiger partial charge on any atom is 0.122 e. The predicted molar refractivity (Wildman–Crippen MR) is 87.8 cm³/mol. The molecule has 1 aliphatic rings. The highest BCUT2D eigenvalue weighted by molar-refractivity contribution is 9.10. The molecule has 0 aromatic heterocycles. The first-order chi connectivity index (χ1) is 10.1. The molecular weight excluding hydrogens is 328 g/mol. The summed E-state index contributed by atoms with van der Waals surface area (Å²) < 4.78 is 6.51. The molecule has 0 saturated heterocycles. The van der Waals surface area contributed by atoms with E-state index in [9.17, 15) is 5.11 Å². The van der Waals surface area contributed by atoms with Crippen LogP contribution in [0, 0.1) is 0 Å². The van der Waals surface area contributed by atoms with Gasteiger partial charge in [-0.25, -0.2) is 0 Å². The number of benzene rings is 2. The third-order valence-corrected chi connectivity index (χ3v) is 4.75. The lowest BCUT2D eigenvalue weighted by atomic mass is 9.77. The molecule has 0 heterocycles. The summed E-state index contributed by atoms with van der Waals surface area (Å²) in [5.41, 5.74) is 2.98. The lowest BCUT2D eigenvalue weighted by Gasteiger charge is -2.34. The summed E-state index contributed by atoms with van der Waals surface area (Å²) in [6.45, 7) is 0. The van der Waals surface area contributed by atoms with Crippen LogP contribution in [0.15, 0.2) is 46.9 Å². The van der Waals surface area contributed by atoms with Gasteiger partial charge in [0.15, 0.2) is 0 Å². The molecule has 3 rings (SSSR count). The first-order valence-corrected chi connectivity index (χ1v) is 8.00. The van der Waals surface area contributed by atoms with E-state index in [2.05, 4.69) is 28.1 Å². The third-order valence-electron chi connectivity index (χ3n) is 4.26. The highest BCUT2D eigenvalue weighted by Gasteiger charge is 2.33. The monoisotopic (exact) mass is 346 g/mol. The van der Waals surface area contributed by atoms with Gasteiger partial charge in [0.25, 0.3) is 0 Å². The summed E-state index contributed by atoms with van der Waals surface area (Å²) in [4.78, 5) is 0. The van der Waals surface area contributed by atoms with Crippen molar-refractivity contribution >= 4 is 15.9 Å². The van der Waals surface area contributed by atoms with Crippen molar-refractivity contribution in [1.82, 2.24) is 0 Å². The normalized spacial score (nSPS) is 20.9. The average molecular weight is 347 g/mol. The van der Waals surface area contributed by atoms with Crippen LogP contribution in [-0.2, 0) is 19.3 Å². The van der Waals surface area contributed by atoms with Gasteiger partial charge in [0, 0.05) is 17.3 Å². The molecule has 0 saturated carbocycles. The zero-order chi connectivity index (χ0) is 14.9. The summed E-state index contributed by atoms with van der Waals surface area (Å²) in [6, 6.07) is 14.3. The molecule has 1 atom stereocenters. The second-order valence-corrected chi connectivity index (χ2v) is 6.72. The molecule has 1 N–H and O–H groups in total. The lowest BCUT2D eigenvalue weighted by molar-refractivity contribution is 0.0262. The molecule has 2 nitrogen and oxygen atoms in total. The molecular formula is C18H19BrO2. The second kappa shape index (κ2) is 5.82. The van der Waals surface area contributed by atoms with E-state index >= 15 is 0 Å². The van der Waals surface area contributed by atoms with E-state index in [1.807, 2.05) is 30.3 Å². The maximum atomic E-state index is 11.0. The van der Waals surface area contributed by atoms with Crippen molar-refractivity contribution in [2.24, 2.45) is 0 Å². The van der Waals surface area contributed by atoms with Crippen LogP contribution in [0.3, 0.4) is 0 Å². The molecule has 2 aromatic rings. The van der Waals surface area contributed by atoms with E-state index in [4.69, 9.17) is 4.74 Å². The summed E-state index contributed by atoms with van der Waals surface area (Å²) in [5, 5.41) is 11.0. The molecule has 110 valence electrons. The Balaban J connectivity index is 1.84. The Morgan fingerprint density at radius 2 is 2.00 bits per heavy atom. The topological polar surface area (TPSA) is 29.5 Å². The predicted octanol–water partition coefficient (Wildman–Crippen LogP) is 3.92. The van der Waals surface area contributed by atoms with Crippen LogP contribution in [0.1, 0.15) is 23.1 Å². The van der Waals surface area contributed by atoms with Crippen LogP contribution in [0.25, 0.3) is 0 Å². The maximum absolute atomic E-state index is 11.0. The van der Waals surface area contributed by atoms with Gasteiger partial charge in [-0.05, 0) is 47.7 Å². The minimum absolute atomic E-state index is 0.631. The molecule has 0 fully saturated rings. The minimum Gasteiger partial charge on any atom is -0.496 e. The van der Waals surface area contributed by atoms with E-state index in [0.717, 1.165) is 28.6 Å². The Labute approximate surface area is 133 Å². The fraction of sp³-hybridized carbons (Fsp3) is 0.333. The zero-order valence-electron chi connectivity index (χ0n) is 12.1. The summed E-state index contributed by atoms with van der Waals surface area (Å²) >= 11 is 3.51. The molecule has 1 aliphatic carbocycles. The van der Waals surface area contributed by atoms with Crippen molar-refractivity contribution < 1.29 is 9.84 Å². The van der Waals surface area contributed by atoms with Crippen molar-refractivity contribution in [3.8, 4) is 5.75 Å². The number of hydrogen-bond acceptors (Lipinski definition) is 2.